The first-order chi connectivity index (χ1) is 11.9. The summed E-state index contributed by atoms with van der Waals surface area (Å²) >= 11 is 0. The van der Waals surface area contributed by atoms with Crippen molar-refractivity contribution >= 4 is 11.6 Å². The molecule has 0 fully saturated rings. The van der Waals surface area contributed by atoms with Gasteiger partial charge in [0, 0.05) is 24.0 Å². The van der Waals surface area contributed by atoms with E-state index in [-0.39, 0.29) is 29.2 Å². The molecule has 0 radical (unpaired) electrons. The number of fused-ring (bicyclic) bond motifs is 4. The van der Waals surface area contributed by atoms with Crippen LogP contribution in [0.2, 0.25) is 0 Å². The Hall–Kier alpha value is -3.27. The molecule has 1 atom stereocenters. The maximum Gasteiger partial charge on any atom is 0.247 e. The van der Waals surface area contributed by atoms with Crippen LogP contribution in [0.3, 0.4) is 0 Å². The van der Waals surface area contributed by atoms with Gasteiger partial charge in [-0.1, -0.05) is 32.0 Å². The third-order valence-corrected chi connectivity index (χ3v) is 4.95. The summed E-state index contributed by atoms with van der Waals surface area (Å²) in [4.78, 5) is 15.0. The van der Waals surface area contributed by atoms with Gasteiger partial charge in [0.2, 0.25) is 17.7 Å². The van der Waals surface area contributed by atoms with Gasteiger partial charge in [-0.15, -0.1) is 5.10 Å². The minimum absolute atomic E-state index is 0.0573. The van der Waals surface area contributed by atoms with E-state index in [0.717, 1.165) is 16.9 Å². The summed E-state index contributed by atoms with van der Waals surface area (Å²) in [6, 6.07) is 9.54. The fourth-order valence-electron chi connectivity index (χ4n) is 3.84. The van der Waals surface area contributed by atoms with E-state index in [1.54, 1.807) is 11.9 Å². The van der Waals surface area contributed by atoms with Crippen molar-refractivity contribution < 1.29 is 9.53 Å². The summed E-state index contributed by atoms with van der Waals surface area (Å²) in [5.74, 6) is -0.0168. The fourth-order valence-corrected chi connectivity index (χ4v) is 3.84. The lowest BCUT2D eigenvalue weighted by Crippen LogP contribution is -2.45. The molecule has 1 amide bonds. The Morgan fingerprint density at radius 1 is 1.40 bits per heavy atom. The van der Waals surface area contributed by atoms with Crippen LogP contribution in [-0.4, -0.2) is 23.2 Å². The highest BCUT2D eigenvalue weighted by Crippen LogP contribution is 2.55. The largest absolute Gasteiger partial charge is 0.420 e. The molecule has 0 bridgehead atoms. The van der Waals surface area contributed by atoms with Crippen LogP contribution < -0.4 is 15.4 Å². The molecule has 0 unspecified atom stereocenters. The van der Waals surface area contributed by atoms with E-state index in [1.165, 1.54) is 0 Å². The van der Waals surface area contributed by atoms with Crippen LogP contribution in [0.5, 0.6) is 5.88 Å². The second kappa shape index (κ2) is 4.86. The average molecular weight is 335 g/mol. The number of carbonyl (C=O) groups excluding carboxylic acids is 1. The monoisotopic (exact) mass is 335 g/mol. The second-order valence-corrected chi connectivity index (χ2v) is 6.56. The minimum atomic E-state index is -1.33. The molecule has 2 aromatic rings. The standard InChI is InChI=1S/C18H17N5O2/c1-9(2)14-13-16(22-21-14)25-15(20)11(8-19)18(13)10-6-4-5-7-12(10)23(3)17(18)24/h4-7,9H,20H2,1-3H3,(H,21,22)/t18-/m0/s1. The predicted octanol–water partition coefficient (Wildman–Crippen LogP) is 1.88. The van der Waals surface area contributed by atoms with Crippen molar-refractivity contribution in [1.82, 2.24) is 10.2 Å². The third-order valence-electron chi connectivity index (χ3n) is 4.95. The molecular formula is C18H17N5O2. The van der Waals surface area contributed by atoms with Crippen molar-refractivity contribution in [3.63, 3.8) is 0 Å². The number of hydrogen-bond donors (Lipinski definition) is 2. The Morgan fingerprint density at radius 3 is 2.80 bits per heavy atom. The van der Waals surface area contributed by atoms with Crippen LogP contribution in [0.1, 0.15) is 36.6 Å². The average Bonchev–Trinajstić information content (AvgIpc) is 3.10. The summed E-state index contributed by atoms with van der Waals surface area (Å²) in [5, 5.41) is 17.0. The van der Waals surface area contributed by atoms with Crippen molar-refractivity contribution in [1.29, 1.82) is 5.26 Å². The zero-order valence-corrected chi connectivity index (χ0v) is 14.1. The van der Waals surface area contributed by atoms with Gasteiger partial charge >= 0.3 is 0 Å². The molecule has 0 aliphatic carbocycles. The quantitative estimate of drug-likeness (QED) is 0.827. The maximum atomic E-state index is 13.5. The lowest BCUT2D eigenvalue weighted by atomic mass is 9.68. The van der Waals surface area contributed by atoms with Crippen molar-refractivity contribution in [2.75, 3.05) is 11.9 Å². The Bertz CT molecular complexity index is 982. The number of likely N-dealkylation sites (N-methyl/N-ethyl adjacent to an activating group) is 1. The Balaban J connectivity index is 2.19. The number of hydrogen-bond acceptors (Lipinski definition) is 5. The van der Waals surface area contributed by atoms with Crippen molar-refractivity contribution in [3.05, 3.63) is 52.5 Å². The van der Waals surface area contributed by atoms with Crippen LogP contribution in [0.15, 0.2) is 35.7 Å². The first-order valence-electron chi connectivity index (χ1n) is 7.99. The van der Waals surface area contributed by atoms with E-state index in [4.69, 9.17) is 10.5 Å². The molecule has 2 aliphatic heterocycles. The molecule has 0 saturated heterocycles. The van der Waals surface area contributed by atoms with Gasteiger partial charge in [0.1, 0.15) is 17.1 Å². The van der Waals surface area contributed by atoms with Crippen LogP contribution in [0.25, 0.3) is 0 Å². The fraction of sp³-hybridized carbons (Fsp3) is 0.278. The zero-order valence-electron chi connectivity index (χ0n) is 14.1. The number of nitrogens with one attached hydrogen (secondary N) is 1. The van der Waals surface area contributed by atoms with Gasteiger partial charge in [-0.05, 0) is 12.0 Å². The summed E-state index contributed by atoms with van der Waals surface area (Å²) in [6.45, 7) is 3.98. The number of para-hydroxylation sites is 1. The highest BCUT2D eigenvalue weighted by molar-refractivity contribution is 6.14. The van der Waals surface area contributed by atoms with E-state index in [0.29, 0.717) is 5.56 Å². The van der Waals surface area contributed by atoms with E-state index in [9.17, 15) is 10.1 Å². The molecular weight excluding hydrogens is 318 g/mol. The molecule has 0 saturated carbocycles. The molecule has 2 aliphatic rings. The number of carbonyl (C=O) groups is 1. The van der Waals surface area contributed by atoms with Crippen LogP contribution in [-0.2, 0) is 10.2 Å². The Labute approximate surface area is 144 Å². The topological polar surface area (TPSA) is 108 Å². The van der Waals surface area contributed by atoms with Crippen molar-refractivity contribution in [2.24, 2.45) is 5.73 Å². The molecule has 1 aromatic carbocycles. The van der Waals surface area contributed by atoms with Crippen molar-refractivity contribution in [3.8, 4) is 11.9 Å². The number of amides is 1. The summed E-state index contributed by atoms with van der Waals surface area (Å²) in [6.07, 6.45) is 0. The molecule has 25 heavy (non-hydrogen) atoms. The molecule has 4 rings (SSSR count). The molecule has 3 heterocycles. The smallest absolute Gasteiger partial charge is 0.247 e. The van der Waals surface area contributed by atoms with Crippen LogP contribution >= 0.6 is 0 Å². The van der Waals surface area contributed by atoms with Gasteiger partial charge in [0.05, 0.1) is 5.56 Å². The van der Waals surface area contributed by atoms with Gasteiger partial charge in [0.25, 0.3) is 0 Å². The normalized spacial score (nSPS) is 21.4. The number of nitrogens with zero attached hydrogens (tertiary/aromatic N) is 3. The van der Waals surface area contributed by atoms with E-state index in [1.807, 2.05) is 38.1 Å². The number of nitriles is 1. The number of H-pyrrole nitrogens is 1. The van der Waals surface area contributed by atoms with Gasteiger partial charge in [-0.25, -0.2) is 0 Å². The SMILES string of the molecule is CC(C)c1[nH]nc2c1[C@@]1(C(=O)N(C)c3ccccc31)C(C#N)=C(N)O2. The summed E-state index contributed by atoms with van der Waals surface area (Å²) < 4.78 is 5.57. The molecule has 126 valence electrons. The van der Waals surface area contributed by atoms with Crippen molar-refractivity contribution in [2.45, 2.75) is 25.2 Å². The molecule has 7 nitrogen and oxygen atoms in total. The number of aromatic amines is 1. The van der Waals surface area contributed by atoms with E-state index < -0.39 is 5.41 Å². The number of anilines is 1. The molecule has 1 aromatic heterocycles. The number of nitrogens with two attached hydrogens (primary N) is 1. The summed E-state index contributed by atoms with van der Waals surface area (Å²) in [5.41, 5.74) is 7.59. The highest BCUT2D eigenvalue weighted by atomic mass is 16.5. The second-order valence-electron chi connectivity index (χ2n) is 6.56. The lowest BCUT2D eigenvalue weighted by Gasteiger charge is -2.32. The van der Waals surface area contributed by atoms with Gasteiger partial charge in [-0.3, -0.25) is 9.89 Å². The molecule has 3 N–H and O–H groups in total. The molecule has 7 heteroatoms. The highest BCUT2D eigenvalue weighted by Gasteiger charge is 2.60. The lowest BCUT2D eigenvalue weighted by molar-refractivity contribution is -0.120. The van der Waals surface area contributed by atoms with E-state index in [2.05, 4.69) is 16.3 Å². The predicted molar refractivity (Wildman–Crippen MR) is 90.8 cm³/mol. The van der Waals surface area contributed by atoms with Crippen LogP contribution in [0, 0.1) is 11.3 Å². The Morgan fingerprint density at radius 2 is 2.12 bits per heavy atom. The zero-order chi connectivity index (χ0) is 17.9. The van der Waals surface area contributed by atoms with E-state index >= 15 is 0 Å². The number of ether oxygens (including phenoxy) is 1. The van der Waals surface area contributed by atoms with Gasteiger partial charge < -0.3 is 15.4 Å². The number of benzene rings is 1. The third kappa shape index (κ3) is 1.63. The molecule has 1 spiro atoms. The Kier molecular flexibility index (Phi) is 2.97. The number of aromatic nitrogens is 2. The van der Waals surface area contributed by atoms with Crippen LogP contribution in [0.4, 0.5) is 5.69 Å². The first kappa shape index (κ1) is 15.3. The first-order valence-corrected chi connectivity index (χ1v) is 7.99. The minimum Gasteiger partial charge on any atom is -0.420 e. The number of rotatable bonds is 1. The maximum absolute atomic E-state index is 13.5. The van der Waals surface area contributed by atoms with Gasteiger partial charge in [-0.2, -0.15) is 5.26 Å². The van der Waals surface area contributed by atoms with Gasteiger partial charge in [0.15, 0.2) is 0 Å². The summed E-state index contributed by atoms with van der Waals surface area (Å²) in [7, 11) is 1.70.